The fraction of sp³-hybridized carbons (Fsp3) is 0.579. The lowest BCUT2D eigenvalue weighted by Crippen LogP contribution is -2.53. The highest BCUT2D eigenvalue weighted by molar-refractivity contribution is 7.91. The Morgan fingerprint density at radius 2 is 1.79 bits per heavy atom. The summed E-state index contributed by atoms with van der Waals surface area (Å²) in [6, 6.07) is 7.02. The molecule has 0 aliphatic carbocycles. The van der Waals surface area contributed by atoms with E-state index in [2.05, 4.69) is 0 Å². The van der Waals surface area contributed by atoms with E-state index in [-0.39, 0.29) is 35.9 Å². The van der Waals surface area contributed by atoms with Crippen LogP contribution in [0, 0.1) is 0 Å². The van der Waals surface area contributed by atoms with Crippen LogP contribution in [0.2, 0.25) is 0 Å². The van der Waals surface area contributed by atoms with Gasteiger partial charge in [-0.05, 0) is 25.6 Å². The van der Waals surface area contributed by atoms with Crippen molar-refractivity contribution >= 4 is 21.7 Å². The van der Waals surface area contributed by atoms with Gasteiger partial charge in [-0.2, -0.15) is 0 Å². The normalized spacial score (nSPS) is 21.8. The second-order valence-electron chi connectivity index (χ2n) is 7.35. The molecule has 1 unspecified atom stereocenters. The van der Waals surface area contributed by atoms with E-state index >= 15 is 0 Å². The third-order valence-electron chi connectivity index (χ3n) is 5.47. The molecule has 0 saturated carbocycles. The van der Waals surface area contributed by atoms with Gasteiger partial charge >= 0.3 is 0 Å². The highest BCUT2D eigenvalue weighted by Gasteiger charge is 2.33. The van der Waals surface area contributed by atoms with E-state index in [1.54, 1.807) is 35.0 Å². The zero-order chi connectivity index (χ0) is 20.3. The van der Waals surface area contributed by atoms with E-state index in [0.29, 0.717) is 43.9 Å². The summed E-state index contributed by atoms with van der Waals surface area (Å²) >= 11 is 0. The molecule has 2 aliphatic rings. The predicted molar refractivity (Wildman–Crippen MR) is 105 cm³/mol. The van der Waals surface area contributed by atoms with Gasteiger partial charge in [0.25, 0.3) is 5.91 Å². The molecule has 0 N–H and O–H groups in total. The van der Waals surface area contributed by atoms with Gasteiger partial charge in [0.05, 0.1) is 30.7 Å². The van der Waals surface area contributed by atoms with Crippen LogP contribution in [0.5, 0.6) is 5.75 Å². The minimum Gasteiger partial charge on any atom is -0.496 e. The molecule has 2 aliphatic heterocycles. The first-order chi connectivity index (χ1) is 13.3. The van der Waals surface area contributed by atoms with E-state index in [1.165, 1.54) is 7.11 Å². The number of hydrogen-bond acceptors (Lipinski definition) is 6. The molecule has 154 valence electrons. The van der Waals surface area contributed by atoms with Crippen molar-refractivity contribution in [2.24, 2.45) is 0 Å². The van der Waals surface area contributed by atoms with E-state index in [4.69, 9.17) is 4.74 Å². The molecule has 2 heterocycles. The Bertz CT molecular complexity index is 834. The molecule has 1 atom stereocenters. The van der Waals surface area contributed by atoms with Crippen LogP contribution in [-0.2, 0) is 14.6 Å². The van der Waals surface area contributed by atoms with Crippen LogP contribution in [0.3, 0.4) is 0 Å². The molecule has 1 aromatic carbocycles. The fourth-order valence-electron chi connectivity index (χ4n) is 3.72. The standard InChI is InChI=1S/C19H27N3O5S/c1-20(15-7-12-28(25,26)14-15)13-18(23)21-8-10-22(11-9-21)19(24)16-5-3-4-6-17(16)27-2/h3-6,15H,7-14H2,1-2H3. The summed E-state index contributed by atoms with van der Waals surface area (Å²) in [5.74, 6) is 0.728. The lowest BCUT2D eigenvalue weighted by atomic mass is 10.1. The molecule has 3 rings (SSSR count). The summed E-state index contributed by atoms with van der Waals surface area (Å²) < 4.78 is 28.5. The molecule has 0 radical (unpaired) electrons. The zero-order valence-electron chi connectivity index (χ0n) is 16.3. The first-order valence-corrected chi connectivity index (χ1v) is 11.2. The average molecular weight is 410 g/mol. The van der Waals surface area contributed by atoms with Crippen molar-refractivity contribution in [3.8, 4) is 5.75 Å². The monoisotopic (exact) mass is 409 g/mol. The first-order valence-electron chi connectivity index (χ1n) is 9.41. The summed E-state index contributed by atoms with van der Waals surface area (Å²) in [5, 5.41) is 0. The number of carbonyl (C=O) groups excluding carboxylic acids is 2. The summed E-state index contributed by atoms with van der Waals surface area (Å²) in [4.78, 5) is 30.6. The van der Waals surface area contributed by atoms with Crippen LogP contribution in [0.25, 0.3) is 0 Å². The minimum absolute atomic E-state index is 0.0313. The molecular weight excluding hydrogens is 382 g/mol. The van der Waals surface area contributed by atoms with Gasteiger partial charge in [0.1, 0.15) is 5.75 Å². The quantitative estimate of drug-likeness (QED) is 0.686. The summed E-state index contributed by atoms with van der Waals surface area (Å²) in [7, 11) is 0.362. The van der Waals surface area contributed by atoms with Crippen molar-refractivity contribution < 1.29 is 22.7 Å². The number of nitrogens with zero attached hydrogens (tertiary/aromatic N) is 3. The number of para-hydroxylation sites is 1. The molecule has 0 aromatic heterocycles. The third kappa shape index (κ3) is 4.64. The van der Waals surface area contributed by atoms with Crippen LogP contribution >= 0.6 is 0 Å². The van der Waals surface area contributed by atoms with Crippen LogP contribution < -0.4 is 4.74 Å². The summed E-state index contributed by atoms with van der Waals surface area (Å²) in [6.45, 7) is 2.06. The number of methoxy groups -OCH3 is 1. The number of ether oxygens (including phenoxy) is 1. The minimum atomic E-state index is -2.97. The van der Waals surface area contributed by atoms with Gasteiger partial charge in [-0.15, -0.1) is 0 Å². The Kier molecular flexibility index (Phi) is 6.24. The van der Waals surface area contributed by atoms with E-state index in [0.717, 1.165) is 0 Å². The molecule has 0 spiro atoms. The van der Waals surface area contributed by atoms with Gasteiger partial charge in [-0.25, -0.2) is 8.42 Å². The topological polar surface area (TPSA) is 87.2 Å². The van der Waals surface area contributed by atoms with Crippen molar-refractivity contribution in [3.63, 3.8) is 0 Å². The second-order valence-corrected chi connectivity index (χ2v) is 9.57. The molecule has 1 aromatic rings. The molecule has 2 saturated heterocycles. The second kappa shape index (κ2) is 8.48. The number of hydrogen-bond donors (Lipinski definition) is 0. The average Bonchev–Trinajstić information content (AvgIpc) is 3.07. The number of likely N-dealkylation sites (N-methyl/N-ethyl adjacent to an activating group) is 1. The Balaban J connectivity index is 1.52. The maximum absolute atomic E-state index is 12.7. The van der Waals surface area contributed by atoms with Gasteiger partial charge in [0.15, 0.2) is 9.84 Å². The van der Waals surface area contributed by atoms with Crippen LogP contribution in [-0.4, -0.2) is 99.4 Å². The largest absolute Gasteiger partial charge is 0.496 e. The Morgan fingerprint density at radius 3 is 2.39 bits per heavy atom. The molecule has 28 heavy (non-hydrogen) atoms. The number of amides is 2. The summed E-state index contributed by atoms with van der Waals surface area (Å²) in [5.41, 5.74) is 0.520. The molecular formula is C19H27N3O5S. The highest BCUT2D eigenvalue weighted by atomic mass is 32.2. The maximum Gasteiger partial charge on any atom is 0.257 e. The molecule has 2 fully saturated rings. The third-order valence-corrected chi connectivity index (χ3v) is 7.22. The van der Waals surface area contributed by atoms with Crippen molar-refractivity contribution in [1.82, 2.24) is 14.7 Å². The van der Waals surface area contributed by atoms with Gasteiger partial charge < -0.3 is 14.5 Å². The van der Waals surface area contributed by atoms with Gasteiger partial charge in [0, 0.05) is 32.2 Å². The van der Waals surface area contributed by atoms with Crippen molar-refractivity contribution in [2.45, 2.75) is 12.5 Å². The highest BCUT2D eigenvalue weighted by Crippen LogP contribution is 2.20. The van der Waals surface area contributed by atoms with E-state index in [9.17, 15) is 18.0 Å². The molecule has 0 bridgehead atoms. The SMILES string of the molecule is COc1ccccc1C(=O)N1CCN(C(=O)CN(C)C2CCS(=O)(=O)C2)CC1. The van der Waals surface area contributed by atoms with Gasteiger partial charge in [0.2, 0.25) is 5.91 Å². The zero-order valence-corrected chi connectivity index (χ0v) is 17.2. The Labute approximate surface area is 166 Å². The molecule has 2 amide bonds. The first kappa shape index (κ1) is 20.6. The number of carbonyl (C=O) groups is 2. The summed E-state index contributed by atoms with van der Waals surface area (Å²) in [6.07, 6.45) is 0.577. The number of piperazine rings is 1. The van der Waals surface area contributed by atoms with Crippen molar-refractivity contribution in [3.05, 3.63) is 29.8 Å². The number of sulfone groups is 1. The Hall–Kier alpha value is -2.13. The number of rotatable bonds is 5. The lowest BCUT2D eigenvalue weighted by Gasteiger charge is -2.36. The molecule has 9 heteroatoms. The van der Waals surface area contributed by atoms with E-state index in [1.807, 2.05) is 11.0 Å². The number of benzene rings is 1. The smallest absolute Gasteiger partial charge is 0.257 e. The van der Waals surface area contributed by atoms with Gasteiger partial charge in [-0.3, -0.25) is 14.5 Å². The van der Waals surface area contributed by atoms with Crippen molar-refractivity contribution in [1.29, 1.82) is 0 Å². The van der Waals surface area contributed by atoms with Crippen LogP contribution in [0.4, 0.5) is 0 Å². The van der Waals surface area contributed by atoms with Crippen LogP contribution in [0.15, 0.2) is 24.3 Å². The fourth-order valence-corrected chi connectivity index (χ4v) is 5.52. The van der Waals surface area contributed by atoms with E-state index < -0.39 is 9.84 Å². The lowest BCUT2D eigenvalue weighted by molar-refractivity contribution is -0.134. The predicted octanol–water partition coefficient (Wildman–Crippen LogP) is 0.0985. The van der Waals surface area contributed by atoms with Gasteiger partial charge in [-0.1, -0.05) is 12.1 Å². The van der Waals surface area contributed by atoms with Crippen molar-refractivity contribution in [2.75, 3.05) is 58.4 Å². The Morgan fingerprint density at radius 1 is 1.14 bits per heavy atom. The molecule has 8 nitrogen and oxygen atoms in total. The maximum atomic E-state index is 12.7. The van der Waals surface area contributed by atoms with Crippen LogP contribution in [0.1, 0.15) is 16.8 Å².